The van der Waals surface area contributed by atoms with Crippen molar-refractivity contribution in [3.8, 4) is 5.75 Å². The number of benzene rings is 2. The molecule has 200 valence electrons. The van der Waals surface area contributed by atoms with Gasteiger partial charge in [-0.25, -0.2) is 0 Å². The maximum Gasteiger partial charge on any atom is 0.305 e. The van der Waals surface area contributed by atoms with Gasteiger partial charge in [0, 0.05) is 12.0 Å². The van der Waals surface area contributed by atoms with Gasteiger partial charge in [0.25, 0.3) is 0 Å². The molecule has 0 N–H and O–H groups in total. The van der Waals surface area contributed by atoms with Crippen molar-refractivity contribution in [1.29, 1.82) is 0 Å². The molecule has 2 aromatic rings. The van der Waals surface area contributed by atoms with Crippen molar-refractivity contribution in [2.24, 2.45) is 0 Å². The number of quaternary nitrogens is 1. The zero-order chi connectivity index (χ0) is 25.9. The average Bonchev–Trinajstić information content (AvgIpc) is 2.87. The van der Waals surface area contributed by atoms with E-state index in [2.05, 4.69) is 69.6 Å². The molecule has 0 amide bonds. The lowest BCUT2D eigenvalue weighted by molar-refractivity contribution is -0.903. The third kappa shape index (κ3) is 14.3. The van der Waals surface area contributed by atoms with Gasteiger partial charge >= 0.3 is 5.97 Å². The van der Waals surface area contributed by atoms with Crippen LogP contribution in [0.25, 0.3) is 0 Å². The van der Waals surface area contributed by atoms with Crippen LogP contribution in [0.4, 0.5) is 0 Å². The molecule has 0 aliphatic rings. The molecule has 0 fully saturated rings. The fourth-order valence-corrected chi connectivity index (χ4v) is 4.61. The molecule has 0 saturated carbocycles. The number of carbonyl (C=O) groups excluding carboxylic acids is 1. The van der Waals surface area contributed by atoms with Crippen molar-refractivity contribution in [2.45, 2.75) is 90.5 Å². The quantitative estimate of drug-likeness (QED) is 0.107. The summed E-state index contributed by atoms with van der Waals surface area (Å²) in [6, 6.07) is 18.9. The highest BCUT2D eigenvalue weighted by Gasteiger charge is 2.15. The molecule has 4 heteroatoms. The molecule has 0 aliphatic carbocycles. The number of nitrogens with zero attached hydrogens (tertiary/aromatic N) is 1. The predicted molar refractivity (Wildman–Crippen MR) is 150 cm³/mol. The molecule has 2 aromatic carbocycles. The van der Waals surface area contributed by atoms with E-state index in [0.717, 1.165) is 42.6 Å². The number of hydrogen-bond acceptors (Lipinski definition) is 3. The molecule has 0 aliphatic heterocycles. The van der Waals surface area contributed by atoms with Gasteiger partial charge in [-0.2, -0.15) is 0 Å². The van der Waals surface area contributed by atoms with Crippen molar-refractivity contribution < 1.29 is 18.8 Å². The van der Waals surface area contributed by atoms with Crippen LogP contribution in [0.3, 0.4) is 0 Å². The summed E-state index contributed by atoms with van der Waals surface area (Å²) in [7, 11) is 4.49. The zero-order valence-electron chi connectivity index (χ0n) is 23.2. The summed E-state index contributed by atoms with van der Waals surface area (Å²) < 4.78 is 12.1. The highest BCUT2D eigenvalue weighted by Crippen LogP contribution is 2.17. The Bertz CT molecular complexity index is 834. The third-order valence-corrected chi connectivity index (χ3v) is 6.68. The van der Waals surface area contributed by atoms with Gasteiger partial charge in [-0.05, 0) is 43.4 Å². The molecule has 0 spiro atoms. The number of esters is 1. The monoisotopic (exact) mass is 496 g/mol. The van der Waals surface area contributed by atoms with Gasteiger partial charge in [-0.15, -0.1) is 0 Å². The van der Waals surface area contributed by atoms with Crippen LogP contribution < -0.4 is 4.74 Å². The Kier molecular flexibility index (Phi) is 14.9. The van der Waals surface area contributed by atoms with E-state index in [-0.39, 0.29) is 5.97 Å². The van der Waals surface area contributed by atoms with Crippen LogP contribution in [0.5, 0.6) is 5.75 Å². The average molecular weight is 497 g/mol. The van der Waals surface area contributed by atoms with Gasteiger partial charge in [0.15, 0.2) is 0 Å². The van der Waals surface area contributed by atoms with Crippen molar-refractivity contribution in [3.63, 3.8) is 0 Å². The normalized spacial score (nSPS) is 11.4. The summed E-state index contributed by atoms with van der Waals surface area (Å²) in [5.74, 6) is 0.733. The van der Waals surface area contributed by atoms with Crippen molar-refractivity contribution >= 4 is 5.97 Å². The Morgan fingerprint density at radius 2 is 1.44 bits per heavy atom. The standard InChI is InChI=1S/C32H50NO3/c1-4-5-6-7-8-9-10-12-18-29-21-17-22-31(27-29)35-25-26-36-32(34)23-15-16-24-33(2,3)28-30-19-13-11-14-20-30/h11,13-14,17,19-22,27H,4-10,12,15-16,18,23-26,28H2,1-3H3/q+1. The molecular formula is C32H50NO3+. The number of carbonyl (C=O) groups is 1. The Hall–Kier alpha value is -2.33. The van der Waals surface area contributed by atoms with Crippen LogP contribution in [-0.2, 0) is 22.5 Å². The first kappa shape index (κ1) is 29.9. The fraction of sp³-hybridized carbons (Fsp3) is 0.594. The minimum Gasteiger partial charge on any atom is -0.490 e. The molecule has 0 radical (unpaired) electrons. The topological polar surface area (TPSA) is 35.5 Å². The van der Waals surface area contributed by atoms with Gasteiger partial charge in [0.1, 0.15) is 25.5 Å². The summed E-state index contributed by atoms with van der Waals surface area (Å²) in [4.78, 5) is 12.1. The van der Waals surface area contributed by atoms with Gasteiger partial charge in [0.05, 0.1) is 20.6 Å². The smallest absolute Gasteiger partial charge is 0.305 e. The zero-order valence-corrected chi connectivity index (χ0v) is 23.2. The van der Waals surface area contributed by atoms with E-state index < -0.39 is 0 Å². The van der Waals surface area contributed by atoms with E-state index in [9.17, 15) is 4.79 Å². The van der Waals surface area contributed by atoms with Crippen LogP contribution in [0.1, 0.15) is 88.7 Å². The first-order valence-electron chi connectivity index (χ1n) is 14.2. The second-order valence-corrected chi connectivity index (χ2v) is 10.7. The van der Waals surface area contributed by atoms with Crippen LogP contribution in [-0.4, -0.2) is 44.3 Å². The molecule has 0 bridgehead atoms. The van der Waals surface area contributed by atoms with E-state index in [1.54, 1.807) is 0 Å². The highest BCUT2D eigenvalue weighted by atomic mass is 16.6. The lowest BCUT2D eigenvalue weighted by Gasteiger charge is -2.30. The van der Waals surface area contributed by atoms with E-state index >= 15 is 0 Å². The summed E-state index contributed by atoms with van der Waals surface area (Å²) in [6.45, 7) is 5.01. The molecule has 0 heterocycles. The molecule has 0 aromatic heterocycles. The van der Waals surface area contributed by atoms with Gasteiger partial charge in [0.2, 0.25) is 0 Å². The number of unbranched alkanes of at least 4 members (excludes halogenated alkanes) is 8. The number of rotatable bonds is 20. The lowest BCUT2D eigenvalue weighted by Crippen LogP contribution is -2.39. The Labute approximate surface area is 220 Å². The molecule has 4 nitrogen and oxygen atoms in total. The number of aryl methyl sites for hydroxylation is 1. The molecule has 0 saturated heterocycles. The lowest BCUT2D eigenvalue weighted by atomic mass is 10.0. The first-order chi connectivity index (χ1) is 17.5. The fourth-order valence-electron chi connectivity index (χ4n) is 4.61. The van der Waals surface area contributed by atoms with Crippen molar-refractivity contribution in [1.82, 2.24) is 0 Å². The molecule has 0 unspecified atom stereocenters. The van der Waals surface area contributed by atoms with Crippen LogP contribution in [0.15, 0.2) is 54.6 Å². The Morgan fingerprint density at radius 3 is 2.19 bits per heavy atom. The van der Waals surface area contributed by atoms with Gasteiger partial charge in [-0.1, -0.05) is 94.3 Å². The van der Waals surface area contributed by atoms with Crippen LogP contribution >= 0.6 is 0 Å². The largest absolute Gasteiger partial charge is 0.490 e. The maximum absolute atomic E-state index is 12.1. The first-order valence-corrected chi connectivity index (χ1v) is 14.2. The van der Waals surface area contributed by atoms with E-state index in [0.29, 0.717) is 19.6 Å². The molecule has 0 atom stereocenters. The van der Waals surface area contributed by atoms with Crippen molar-refractivity contribution in [2.75, 3.05) is 33.9 Å². The molecule has 36 heavy (non-hydrogen) atoms. The second kappa shape index (κ2) is 18.0. The van der Waals surface area contributed by atoms with E-state index in [1.807, 2.05) is 6.07 Å². The van der Waals surface area contributed by atoms with Gasteiger partial charge in [-0.3, -0.25) is 4.79 Å². The third-order valence-electron chi connectivity index (χ3n) is 6.68. The molecular weight excluding hydrogens is 446 g/mol. The highest BCUT2D eigenvalue weighted by molar-refractivity contribution is 5.69. The second-order valence-electron chi connectivity index (χ2n) is 10.7. The van der Waals surface area contributed by atoms with Gasteiger partial charge < -0.3 is 14.0 Å². The maximum atomic E-state index is 12.1. The predicted octanol–water partition coefficient (Wildman–Crippen LogP) is 7.74. The summed E-state index contributed by atoms with van der Waals surface area (Å²) >= 11 is 0. The molecule has 2 rings (SSSR count). The minimum absolute atomic E-state index is 0.129. The minimum atomic E-state index is -0.129. The Morgan fingerprint density at radius 1 is 0.750 bits per heavy atom. The van der Waals surface area contributed by atoms with Crippen LogP contribution in [0, 0.1) is 0 Å². The number of hydrogen-bond donors (Lipinski definition) is 0. The number of ether oxygens (including phenoxy) is 2. The summed E-state index contributed by atoms with van der Waals surface area (Å²) in [5, 5.41) is 0. The Balaban J connectivity index is 1.51. The van der Waals surface area contributed by atoms with Crippen molar-refractivity contribution in [3.05, 3.63) is 65.7 Å². The van der Waals surface area contributed by atoms with E-state index in [4.69, 9.17) is 9.47 Å². The van der Waals surface area contributed by atoms with Crippen LogP contribution in [0.2, 0.25) is 0 Å². The summed E-state index contributed by atoms with van der Waals surface area (Å²) in [6.07, 6.45) is 14.1. The summed E-state index contributed by atoms with van der Waals surface area (Å²) in [5.41, 5.74) is 2.67. The SMILES string of the molecule is CCCCCCCCCCc1cccc(OCCOC(=O)CCCC[N+](C)(C)Cc2ccccc2)c1. The van der Waals surface area contributed by atoms with E-state index in [1.165, 1.54) is 62.5 Å².